The molecule has 0 unspecified atom stereocenters. The largest absolute Gasteiger partial charge is 0.445 e. The van der Waals surface area contributed by atoms with Crippen molar-refractivity contribution in [3.8, 4) is 11.5 Å². The Hall–Kier alpha value is -3.41. The Bertz CT molecular complexity index is 1060. The fourth-order valence-corrected chi connectivity index (χ4v) is 2.85. The van der Waals surface area contributed by atoms with Crippen LogP contribution in [0.25, 0.3) is 17.1 Å². The number of fused-ring (bicyclic) bond motifs is 1. The van der Waals surface area contributed by atoms with E-state index in [9.17, 15) is 4.79 Å². The molecule has 0 fully saturated rings. The Morgan fingerprint density at radius 3 is 2.76 bits per heavy atom. The van der Waals surface area contributed by atoms with Crippen LogP contribution in [0.1, 0.15) is 21.5 Å². The van der Waals surface area contributed by atoms with E-state index in [0.29, 0.717) is 17.1 Å². The number of carbonyl (C=O) groups excluding carboxylic acids is 1. The van der Waals surface area contributed by atoms with Crippen molar-refractivity contribution in [2.24, 2.45) is 0 Å². The second-order valence-electron chi connectivity index (χ2n) is 5.78. The minimum absolute atomic E-state index is 0.187. The predicted octanol–water partition coefficient (Wildman–Crippen LogP) is 3.86. The Balaban J connectivity index is 1.67. The molecule has 4 aromatic rings. The molecule has 4 rings (SSSR count). The van der Waals surface area contributed by atoms with Gasteiger partial charge in [-0.05, 0) is 49.2 Å². The molecule has 6 nitrogen and oxygen atoms in total. The van der Waals surface area contributed by atoms with E-state index in [0.717, 1.165) is 22.4 Å². The molecule has 25 heavy (non-hydrogen) atoms. The highest BCUT2D eigenvalue weighted by molar-refractivity contribution is 6.08. The summed E-state index contributed by atoms with van der Waals surface area (Å²) in [6, 6.07) is 7.36. The highest BCUT2D eigenvalue weighted by Crippen LogP contribution is 2.29. The summed E-state index contributed by atoms with van der Waals surface area (Å²) >= 11 is 0. The van der Waals surface area contributed by atoms with Gasteiger partial charge in [-0.1, -0.05) is 0 Å². The van der Waals surface area contributed by atoms with E-state index in [1.165, 1.54) is 0 Å². The summed E-state index contributed by atoms with van der Waals surface area (Å²) in [4.78, 5) is 21.1. The van der Waals surface area contributed by atoms with E-state index in [1.54, 1.807) is 24.7 Å². The lowest BCUT2D eigenvalue weighted by Gasteiger charge is -2.12. The van der Waals surface area contributed by atoms with Crippen LogP contribution in [-0.4, -0.2) is 20.3 Å². The summed E-state index contributed by atoms with van der Waals surface area (Å²) in [6.45, 7) is 3.95. The van der Waals surface area contributed by atoms with Crippen LogP contribution in [0.2, 0.25) is 0 Å². The van der Waals surface area contributed by atoms with Crippen molar-refractivity contribution in [2.75, 3.05) is 5.32 Å². The molecule has 0 aliphatic carbocycles. The van der Waals surface area contributed by atoms with Crippen molar-refractivity contribution in [3.63, 3.8) is 0 Å². The first-order chi connectivity index (χ1) is 12.1. The summed E-state index contributed by atoms with van der Waals surface area (Å²) in [5, 5.41) is 2.97. The summed E-state index contributed by atoms with van der Waals surface area (Å²) < 4.78 is 7.19. The molecule has 1 amide bonds. The lowest BCUT2D eigenvalue weighted by Crippen LogP contribution is -2.13. The van der Waals surface area contributed by atoms with Crippen LogP contribution in [0.15, 0.2) is 59.7 Å². The molecule has 1 aromatic carbocycles. The van der Waals surface area contributed by atoms with Crippen molar-refractivity contribution in [1.29, 1.82) is 0 Å². The smallest absolute Gasteiger partial charge is 0.259 e. The van der Waals surface area contributed by atoms with Crippen molar-refractivity contribution in [1.82, 2.24) is 14.4 Å². The van der Waals surface area contributed by atoms with Gasteiger partial charge >= 0.3 is 0 Å². The van der Waals surface area contributed by atoms with E-state index in [-0.39, 0.29) is 5.91 Å². The van der Waals surface area contributed by atoms with Gasteiger partial charge in [-0.2, -0.15) is 0 Å². The summed E-state index contributed by atoms with van der Waals surface area (Å²) in [6.07, 6.45) is 8.52. The first-order valence-corrected chi connectivity index (χ1v) is 7.88. The quantitative estimate of drug-likeness (QED) is 0.618. The predicted molar refractivity (Wildman–Crippen MR) is 94.6 cm³/mol. The van der Waals surface area contributed by atoms with E-state index >= 15 is 0 Å². The lowest BCUT2D eigenvalue weighted by atomic mass is 10.0. The van der Waals surface area contributed by atoms with E-state index in [1.807, 2.05) is 48.8 Å². The van der Waals surface area contributed by atoms with E-state index < -0.39 is 0 Å². The highest BCUT2D eigenvalue weighted by atomic mass is 16.3. The van der Waals surface area contributed by atoms with Gasteiger partial charge in [0.1, 0.15) is 11.9 Å². The number of hydrogen-bond acceptors (Lipinski definition) is 4. The van der Waals surface area contributed by atoms with Gasteiger partial charge in [0, 0.05) is 29.8 Å². The Labute approximate surface area is 144 Å². The van der Waals surface area contributed by atoms with Crippen LogP contribution in [0.4, 0.5) is 5.69 Å². The van der Waals surface area contributed by atoms with Crippen LogP contribution in [0.5, 0.6) is 0 Å². The standard InChI is InChI=1S/C19H16N4O2/c1-12-13(2)16(5-4-14(12)19-21-8-11-25-19)22-18(24)15-6-10-23-9-3-7-20-17(15)23/h3-11H,1-2H3,(H,22,24). The number of carbonyl (C=O) groups is 1. The fraction of sp³-hybridized carbons (Fsp3) is 0.105. The summed E-state index contributed by atoms with van der Waals surface area (Å²) in [5.41, 5.74) is 4.82. The van der Waals surface area contributed by atoms with E-state index in [2.05, 4.69) is 15.3 Å². The zero-order valence-corrected chi connectivity index (χ0v) is 13.9. The first kappa shape index (κ1) is 15.1. The Kier molecular flexibility index (Phi) is 3.57. The van der Waals surface area contributed by atoms with Gasteiger partial charge in [0.15, 0.2) is 0 Å². The van der Waals surface area contributed by atoms with Crippen molar-refractivity contribution in [3.05, 3.63) is 72.0 Å². The van der Waals surface area contributed by atoms with Crippen molar-refractivity contribution in [2.45, 2.75) is 13.8 Å². The number of rotatable bonds is 3. The number of nitrogens with zero attached hydrogens (tertiary/aromatic N) is 3. The summed E-state index contributed by atoms with van der Waals surface area (Å²) in [5.74, 6) is 0.383. The normalized spacial score (nSPS) is 11.0. The Morgan fingerprint density at radius 2 is 1.96 bits per heavy atom. The van der Waals surface area contributed by atoms with Crippen molar-refractivity contribution < 1.29 is 9.21 Å². The number of benzene rings is 1. The van der Waals surface area contributed by atoms with Gasteiger partial charge in [0.25, 0.3) is 5.91 Å². The van der Waals surface area contributed by atoms with Gasteiger partial charge in [-0.15, -0.1) is 0 Å². The third-order valence-electron chi connectivity index (χ3n) is 4.36. The topological polar surface area (TPSA) is 72.4 Å². The average molecular weight is 332 g/mol. The lowest BCUT2D eigenvalue weighted by molar-refractivity contribution is 0.102. The first-order valence-electron chi connectivity index (χ1n) is 7.88. The van der Waals surface area contributed by atoms with E-state index in [4.69, 9.17) is 4.42 Å². The zero-order valence-electron chi connectivity index (χ0n) is 13.9. The van der Waals surface area contributed by atoms with Crippen LogP contribution < -0.4 is 5.32 Å². The van der Waals surface area contributed by atoms with Gasteiger partial charge in [-0.25, -0.2) is 9.97 Å². The molecule has 0 bridgehead atoms. The number of hydrogen-bond donors (Lipinski definition) is 1. The number of oxazole rings is 1. The molecule has 0 saturated heterocycles. The zero-order chi connectivity index (χ0) is 17.4. The molecule has 0 atom stereocenters. The molecule has 1 N–H and O–H groups in total. The van der Waals surface area contributed by atoms with Crippen LogP contribution >= 0.6 is 0 Å². The average Bonchev–Trinajstić information content (AvgIpc) is 3.28. The maximum absolute atomic E-state index is 12.7. The number of nitrogens with one attached hydrogen (secondary N) is 1. The third kappa shape index (κ3) is 2.57. The van der Waals surface area contributed by atoms with Crippen LogP contribution in [0.3, 0.4) is 0 Å². The van der Waals surface area contributed by atoms with Gasteiger partial charge in [0.05, 0.1) is 11.8 Å². The molecule has 0 radical (unpaired) electrons. The minimum Gasteiger partial charge on any atom is -0.445 e. The second-order valence-corrected chi connectivity index (χ2v) is 5.78. The highest BCUT2D eigenvalue weighted by Gasteiger charge is 2.16. The number of aromatic nitrogens is 3. The van der Waals surface area contributed by atoms with Gasteiger partial charge < -0.3 is 14.1 Å². The molecule has 0 aliphatic heterocycles. The molecular formula is C19H16N4O2. The monoisotopic (exact) mass is 332 g/mol. The van der Waals surface area contributed by atoms with Gasteiger partial charge in [-0.3, -0.25) is 4.79 Å². The van der Waals surface area contributed by atoms with Gasteiger partial charge in [0.2, 0.25) is 5.89 Å². The SMILES string of the molecule is Cc1c(NC(=O)c2ccn3cccnc23)ccc(-c2ncco2)c1C. The molecule has 0 aliphatic rings. The van der Waals surface area contributed by atoms with Crippen molar-refractivity contribution >= 4 is 17.2 Å². The number of amides is 1. The van der Waals surface area contributed by atoms with Crippen LogP contribution in [-0.2, 0) is 0 Å². The minimum atomic E-state index is -0.187. The fourth-order valence-electron chi connectivity index (χ4n) is 2.85. The molecule has 3 heterocycles. The van der Waals surface area contributed by atoms with Crippen LogP contribution in [0, 0.1) is 13.8 Å². The molecular weight excluding hydrogens is 316 g/mol. The molecule has 3 aromatic heterocycles. The molecule has 6 heteroatoms. The third-order valence-corrected chi connectivity index (χ3v) is 4.36. The maximum Gasteiger partial charge on any atom is 0.259 e. The second kappa shape index (κ2) is 5.90. The molecule has 124 valence electrons. The number of anilines is 1. The Morgan fingerprint density at radius 1 is 1.08 bits per heavy atom. The summed E-state index contributed by atoms with van der Waals surface area (Å²) in [7, 11) is 0. The maximum atomic E-state index is 12.7. The molecule has 0 spiro atoms. The molecule has 0 saturated carbocycles.